The second-order valence-corrected chi connectivity index (χ2v) is 16.5. The number of amides is 2. The summed E-state index contributed by atoms with van der Waals surface area (Å²) < 4.78 is 35.8. The summed E-state index contributed by atoms with van der Waals surface area (Å²) in [4.78, 5) is 31.2. The molecule has 14 heteroatoms. The Morgan fingerprint density at radius 1 is 0.958 bits per heavy atom. The van der Waals surface area contributed by atoms with Crippen LogP contribution in [0.5, 0.6) is 0 Å². The van der Waals surface area contributed by atoms with E-state index in [1.165, 1.54) is 4.31 Å². The molecule has 1 saturated carbocycles. The zero-order valence-electron chi connectivity index (χ0n) is 28.3. The molecule has 2 aromatic carbocycles. The molecule has 2 aromatic heterocycles. The molecule has 0 bridgehead atoms. The Morgan fingerprint density at radius 2 is 1.65 bits per heavy atom. The van der Waals surface area contributed by atoms with Crippen molar-refractivity contribution in [2.24, 2.45) is 14.1 Å². The van der Waals surface area contributed by atoms with Gasteiger partial charge in [0.1, 0.15) is 11.1 Å². The van der Waals surface area contributed by atoms with Crippen LogP contribution in [-0.4, -0.2) is 92.3 Å². The monoisotopic (exact) mass is 676 g/mol. The van der Waals surface area contributed by atoms with Crippen LogP contribution in [0.1, 0.15) is 68.8 Å². The van der Waals surface area contributed by atoms with Crippen LogP contribution in [0.4, 0.5) is 16.2 Å². The van der Waals surface area contributed by atoms with Gasteiger partial charge in [0.15, 0.2) is 0 Å². The molecule has 256 valence electrons. The number of hydrogen-bond donors (Lipinski definition) is 1. The highest BCUT2D eigenvalue weighted by molar-refractivity contribution is 7.89. The summed E-state index contributed by atoms with van der Waals surface area (Å²) >= 11 is 0. The summed E-state index contributed by atoms with van der Waals surface area (Å²) in [6.07, 6.45) is 7.90. The standard InChI is InChI=1S/C34H44N8O5S/c1-34(2,3)47-33(44)42(25-7-8-25)26-11-14-40(15-12-26)29-10-9-27(31-28(29)21-39(5)37-31)32(43)35-24-17-22-19-38(4)36-30(22)23(18-24)20-41-13-6-16-48(41,45)46/h9-10,17-19,21,25-26H,6-8,11-16,20H2,1-5H3,(H,35,43). The van der Waals surface area contributed by atoms with Crippen LogP contribution >= 0.6 is 0 Å². The second-order valence-electron chi connectivity index (χ2n) is 14.4. The number of piperidine rings is 1. The van der Waals surface area contributed by atoms with E-state index in [1.807, 2.05) is 76.4 Å². The molecular weight excluding hydrogens is 632 g/mol. The summed E-state index contributed by atoms with van der Waals surface area (Å²) in [5.41, 5.74) is 3.54. The molecule has 1 aliphatic carbocycles. The molecule has 0 spiro atoms. The van der Waals surface area contributed by atoms with Gasteiger partial charge in [-0.15, -0.1) is 0 Å². The van der Waals surface area contributed by atoms with Crippen molar-refractivity contribution in [2.75, 3.05) is 35.6 Å². The van der Waals surface area contributed by atoms with Gasteiger partial charge in [-0.2, -0.15) is 14.5 Å². The summed E-state index contributed by atoms with van der Waals surface area (Å²) in [5.74, 6) is -0.155. The van der Waals surface area contributed by atoms with E-state index in [0.29, 0.717) is 35.2 Å². The molecule has 13 nitrogen and oxygen atoms in total. The highest BCUT2D eigenvalue weighted by atomic mass is 32.2. The Hall–Kier alpha value is -4.17. The Morgan fingerprint density at radius 3 is 2.31 bits per heavy atom. The van der Waals surface area contributed by atoms with Gasteiger partial charge >= 0.3 is 6.09 Å². The van der Waals surface area contributed by atoms with Crippen LogP contribution in [0.25, 0.3) is 21.8 Å². The third-order valence-corrected chi connectivity index (χ3v) is 11.3. The maximum Gasteiger partial charge on any atom is 0.410 e. The average molecular weight is 677 g/mol. The average Bonchev–Trinajstić information content (AvgIpc) is 3.49. The third kappa shape index (κ3) is 6.47. The first kappa shape index (κ1) is 32.4. The third-order valence-electron chi connectivity index (χ3n) is 9.37. The Balaban J connectivity index is 1.11. The summed E-state index contributed by atoms with van der Waals surface area (Å²) in [6, 6.07) is 7.88. The minimum absolute atomic E-state index is 0.130. The summed E-state index contributed by atoms with van der Waals surface area (Å²) in [6.45, 7) is 7.93. The lowest BCUT2D eigenvalue weighted by atomic mass is 10.0. The predicted octanol–water partition coefficient (Wildman–Crippen LogP) is 4.62. The lowest BCUT2D eigenvalue weighted by Gasteiger charge is -2.40. The van der Waals surface area contributed by atoms with E-state index in [2.05, 4.69) is 15.3 Å². The Bertz CT molecular complexity index is 2000. The van der Waals surface area contributed by atoms with Crippen molar-refractivity contribution >= 4 is 55.2 Å². The number of carbonyl (C=O) groups excluding carboxylic acids is 2. The number of hydrogen-bond acceptors (Lipinski definition) is 8. The first-order valence-corrected chi connectivity index (χ1v) is 18.3. The SMILES string of the molecule is Cn1cc2cc(NC(=O)c3ccc(N4CCC(N(C(=O)OC(C)(C)C)C5CC5)CC4)c4cn(C)nc34)cc(CN3CCCS3(=O)=O)c2n1. The fraction of sp³-hybridized carbons (Fsp3) is 0.529. The zero-order chi connectivity index (χ0) is 34.0. The lowest BCUT2D eigenvalue weighted by molar-refractivity contribution is 0.0113. The van der Waals surface area contributed by atoms with E-state index in [-0.39, 0.29) is 36.4 Å². The number of sulfonamides is 1. The van der Waals surface area contributed by atoms with Gasteiger partial charge < -0.3 is 19.9 Å². The van der Waals surface area contributed by atoms with E-state index >= 15 is 0 Å². The van der Waals surface area contributed by atoms with Gasteiger partial charge in [0.25, 0.3) is 5.91 Å². The van der Waals surface area contributed by atoms with E-state index in [0.717, 1.165) is 60.8 Å². The van der Waals surface area contributed by atoms with Crippen molar-refractivity contribution in [3.8, 4) is 0 Å². The minimum Gasteiger partial charge on any atom is -0.444 e. The molecular formula is C34H44N8O5S. The Labute approximate surface area is 280 Å². The molecule has 0 radical (unpaired) electrons. The summed E-state index contributed by atoms with van der Waals surface area (Å²) in [7, 11) is 0.362. The second kappa shape index (κ2) is 12.1. The molecule has 2 aliphatic heterocycles. The van der Waals surface area contributed by atoms with Gasteiger partial charge in [-0.25, -0.2) is 13.2 Å². The minimum atomic E-state index is -3.31. The van der Waals surface area contributed by atoms with Gasteiger partial charge in [-0.1, -0.05) is 0 Å². The molecule has 1 N–H and O–H groups in total. The molecule has 3 fully saturated rings. The highest BCUT2D eigenvalue weighted by Crippen LogP contribution is 2.36. The number of fused-ring (bicyclic) bond motifs is 2. The molecule has 4 heterocycles. The topological polar surface area (TPSA) is 135 Å². The normalized spacial score (nSPS) is 18.9. The zero-order valence-corrected chi connectivity index (χ0v) is 29.1. The molecule has 48 heavy (non-hydrogen) atoms. The first-order valence-electron chi connectivity index (χ1n) is 16.7. The number of rotatable bonds is 7. The van der Waals surface area contributed by atoms with E-state index in [1.54, 1.807) is 9.36 Å². The number of benzene rings is 2. The van der Waals surface area contributed by atoms with Crippen molar-refractivity contribution in [1.29, 1.82) is 0 Å². The van der Waals surface area contributed by atoms with Gasteiger partial charge in [0.2, 0.25) is 10.0 Å². The number of aryl methyl sites for hydroxylation is 2. The molecule has 0 atom stereocenters. The van der Waals surface area contributed by atoms with Crippen molar-refractivity contribution in [2.45, 2.75) is 77.1 Å². The molecule has 7 rings (SSSR count). The fourth-order valence-corrected chi connectivity index (χ4v) is 8.59. The molecule has 2 amide bonds. The quantitative estimate of drug-likeness (QED) is 0.300. The van der Waals surface area contributed by atoms with E-state index in [9.17, 15) is 18.0 Å². The number of nitrogens with one attached hydrogen (secondary N) is 1. The van der Waals surface area contributed by atoms with Crippen molar-refractivity contribution in [1.82, 2.24) is 28.8 Å². The number of aromatic nitrogens is 4. The van der Waals surface area contributed by atoms with Crippen LogP contribution in [0.15, 0.2) is 36.7 Å². The van der Waals surface area contributed by atoms with Gasteiger partial charge in [0, 0.05) is 86.9 Å². The highest BCUT2D eigenvalue weighted by Gasteiger charge is 2.41. The number of carbonyl (C=O) groups is 2. The summed E-state index contributed by atoms with van der Waals surface area (Å²) in [5, 5.41) is 14.0. The van der Waals surface area contributed by atoms with Crippen molar-refractivity contribution in [3.63, 3.8) is 0 Å². The van der Waals surface area contributed by atoms with Crippen LogP contribution in [0.2, 0.25) is 0 Å². The molecule has 2 saturated heterocycles. The maximum absolute atomic E-state index is 13.8. The smallest absolute Gasteiger partial charge is 0.410 e. The van der Waals surface area contributed by atoms with Crippen LogP contribution in [-0.2, 0) is 35.4 Å². The number of anilines is 2. The number of ether oxygens (including phenoxy) is 1. The molecule has 4 aromatic rings. The van der Waals surface area contributed by atoms with E-state index in [4.69, 9.17) is 9.84 Å². The predicted molar refractivity (Wildman–Crippen MR) is 185 cm³/mol. The van der Waals surface area contributed by atoms with Crippen molar-refractivity contribution in [3.05, 3.63) is 47.8 Å². The lowest BCUT2D eigenvalue weighted by Crippen LogP contribution is -2.50. The van der Waals surface area contributed by atoms with Gasteiger partial charge in [-0.05, 0) is 82.7 Å². The number of nitrogens with zero attached hydrogens (tertiary/aromatic N) is 7. The molecule has 3 aliphatic rings. The van der Waals surface area contributed by atoms with Gasteiger partial charge in [0.05, 0.1) is 16.8 Å². The molecule has 0 unspecified atom stereocenters. The Kier molecular flexibility index (Phi) is 8.14. The maximum atomic E-state index is 13.8. The van der Waals surface area contributed by atoms with Crippen molar-refractivity contribution < 1.29 is 22.7 Å². The van der Waals surface area contributed by atoms with Crippen LogP contribution < -0.4 is 10.2 Å². The first-order chi connectivity index (χ1) is 22.8. The largest absolute Gasteiger partial charge is 0.444 e. The van der Waals surface area contributed by atoms with Gasteiger partial charge in [-0.3, -0.25) is 14.2 Å². The fourth-order valence-electron chi connectivity index (χ4n) is 7.09. The van der Waals surface area contributed by atoms with Crippen LogP contribution in [0, 0.1) is 0 Å². The van der Waals surface area contributed by atoms with E-state index < -0.39 is 15.6 Å². The van der Waals surface area contributed by atoms with Crippen LogP contribution in [0.3, 0.4) is 0 Å².